The smallest absolute Gasteiger partial charge is 0.240 e. The Labute approximate surface area is 410 Å². The van der Waals surface area contributed by atoms with Crippen molar-refractivity contribution in [3.05, 3.63) is 0 Å². The van der Waals surface area contributed by atoms with Gasteiger partial charge in [-0.1, -0.05) is 219 Å². The van der Waals surface area contributed by atoms with Crippen molar-refractivity contribution in [3.63, 3.8) is 0 Å². The second kappa shape index (κ2) is 49.1. The molecule has 13 heteroatoms. The summed E-state index contributed by atoms with van der Waals surface area (Å²) in [5.74, 6) is -1.55. The SMILES string of the molecule is CCCCCCCCCCCCCCCCCCCC(=O)NCCN(CCNC(=O)CCCCCCCCCCCCCCCCCCC)C(=O)CCC(=O)N[C@@H](CCCN=C(N)N)C(N)=O. The van der Waals surface area contributed by atoms with Crippen molar-refractivity contribution >= 4 is 35.5 Å². The van der Waals surface area contributed by atoms with E-state index < -0.39 is 17.9 Å². The van der Waals surface area contributed by atoms with Crippen molar-refractivity contribution in [2.75, 3.05) is 32.7 Å². The normalized spacial score (nSPS) is 11.6. The van der Waals surface area contributed by atoms with Crippen LogP contribution in [0.3, 0.4) is 0 Å². The lowest BCUT2D eigenvalue weighted by molar-refractivity contribution is -0.134. The van der Waals surface area contributed by atoms with E-state index in [1.165, 1.54) is 180 Å². The van der Waals surface area contributed by atoms with Gasteiger partial charge < -0.3 is 38.1 Å². The van der Waals surface area contributed by atoms with E-state index in [0.29, 0.717) is 25.8 Å². The minimum atomic E-state index is -0.906. The number of amides is 5. The number of hydrogen-bond donors (Lipinski definition) is 6. The Morgan fingerprint density at radius 3 is 1.06 bits per heavy atom. The molecule has 0 spiro atoms. The number of hydrogen-bond acceptors (Lipinski definition) is 6. The highest BCUT2D eigenvalue weighted by Crippen LogP contribution is 2.16. The predicted octanol–water partition coefficient (Wildman–Crippen LogP) is 10.9. The van der Waals surface area contributed by atoms with Crippen LogP contribution < -0.4 is 33.2 Å². The van der Waals surface area contributed by atoms with Gasteiger partial charge in [-0.05, 0) is 25.7 Å². The molecule has 0 aromatic carbocycles. The van der Waals surface area contributed by atoms with Gasteiger partial charge in [-0.2, -0.15) is 0 Å². The lowest BCUT2D eigenvalue weighted by atomic mass is 10.0. The van der Waals surface area contributed by atoms with Crippen LogP contribution in [0.5, 0.6) is 0 Å². The maximum Gasteiger partial charge on any atom is 0.240 e. The van der Waals surface area contributed by atoms with Crippen LogP contribution in [0.15, 0.2) is 4.99 Å². The van der Waals surface area contributed by atoms with Crippen molar-refractivity contribution in [3.8, 4) is 0 Å². The van der Waals surface area contributed by atoms with Gasteiger partial charge in [0.05, 0.1) is 0 Å². The lowest BCUT2D eigenvalue weighted by Crippen LogP contribution is -2.45. The van der Waals surface area contributed by atoms with Gasteiger partial charge in [-0.25, -0.2) is 0 Å². The number of carbonyl (C=O) groups is 5. The molecule has 0 bridgehead atoms. The van der Waals surface area contributed by atoms with Gasteiger partial charge in [-0.3, -0.25) is 29.0 Å². The average Bonchev–Trinajstić information content (AvgIpc) is 3.30. The summed E-state index contributed by atoms with van der Waals surface area (Å²) in [6.07, 6.45) is 45.2. The molecule has 0 radical (unpaired) electrons. The Morgan fingerprint density at radius 2 is 0.746 bits per heavy atom. The van der Waals surface area contributed by atoms with E-state index in [1.807, 2.05) is 0 Å². The quantitative estimate of drug-likeness (QED) is 0.0197. The summed E-state index contributed by atoms with van der Waals surface area (Å²) in [7, 11) is 0. The summed E-state index contributed by atoms with van der Waals surface area (Å²) in [5, 5.41) is 8.53. The summed E-state index contributed by atoms with van der Waals surface area (Å²) in [4.78, 5) is 68.9. The molecule has 0 unspecified atom stereocenters. The number of rotatable bonds is 51. The third-order valence-corrected chi connectivity index (χ3v) is 13.0. The van der Waals surface area contributed by atoms with Crippen molar-refractivity contribution in [1.82, 2.24) is 20.9 Å². The van der Waals surface area contributed by atoms with Crippen molar-refractivity contribution < 1.29 is 24.0 Å². The van der Waals surface area contributed by atoms with Crippen LogP contribution in [0, 0.1) is 0 Å². The number of unbranched alkanes of at least 4 members (excludes halogenated alkanes) is 32. The Bertz CT molecular complexity index is 1170. The number of aliphatic imine (C=N–C) groups is 1. The van der Waals surface area contributed by atoms with Crippen LogP contribution >= 0.6 is 0 Å². The fourth-order valence-corrected chi connectivity index (χ4v) is 8.65. The van der Waals surface area contributed by atoms with Crippen LogP contribution in [-0.2, 0) is 24.0 Å². The number of guanidine groups is 1. The van der Waals surface area contributed by atoms with E-state index >= 15 is 0 Å². The molecule has 0 aliphatic rings. The molecule has 0 saturated heterocycles. The molecule has 0 fully saturated rings. The van der Waals surface area contributed by atoms with Crippen LogP contribution in [0.4, 0.5) is 0 Å². The highest BCUT2D eigenvalue weighted by atomic mass is 16.2. The van der Waals surface area contributed by atoms with E-state index in [2.05, 4.69) is 34.8 Å². The minimum Gasteiger partial charge on any atom is -0.370 e. The topological polar surface area (TPSA) is 215 Å². The van der Waals surface area contributed by atoms with Gasteiger partial charge in [0.25, 0.3) is 0 Å². The summed E-state index contributed by atoms with van der Waals surface area (Å²) < 4.78 is 0. The van der Waals surface area contributed by atoms with Crippen molar-refractivity contribution in [2.45, 2.75) is 277 Å². The zero-order valence-electron chi connectivity index (χ0n) is 43.6. The van der Waals surface area contributed by atoms with Crippen molar-refractivity contribution in [1.29, 1.82) is 0 Å². The van der Waals surface area contributed by atoms with E-state index in [0.717, 1.165) is 38.5 Å². The molecular formula is C54H106N8O5. The molecule has 0 saturated carbocycles. The Balaban J connectivity index is 4.50. The first-order valence-corrected chi connectivity index (χ1v) is 28.1. The Morgan fingerprint density at radius 1 is 0.418 bits per heavy atom. The standard InChI is InChI=1S/C54H106N8O5/c1-3-5-7-9-11-13-15-17-19-21-23-25-27-29-31-33-35-39-49(63)58-44-46-62(52(66)42-41-51(65)61-48(53(55)67)38-37-43-60-54(56)57)47-45-59-50(64)40-36-34-32-30-28-26-24-22-20-18-16-14-12-10-8-6-4-2/h48H,3-47H2,1-2H3,(H2,55,67)(H,58,63)(H,59,64)(H,61,65)(H4,56,57,60)/t48-/m0/s1. The molecule has 0 aliphatic carbocycles. The zero-order chi connectivity index (χ0) is 49.3. The largest absolute Gasteiger partial charge is 0.370 e. The van der Waals surface area contributed by atoms with Gasteiger partial charge in [-0.15, -0.1) is 0 Å². The maximum absolute atomic E-state index is 13.4. The van der Waals surface area contributed by atoms with Gasteiger partial charge in [0, 0.05) is 58.4 Å². The van der Waals surface area contributed by atoms with Crippen molar-refractivity contribution in [2.24, 2.45) is 22.2 Å². The van der Waals surface area contributed by atoms with E-state index in [1.54, 1.807) is 4.90 Å². The molecule has 0 aromatic rings. The number of nitrogens with two attached hydrogens (primary N) is 3. The predicted molar refractivity (Wildman–Crippen MR) is 280 cm³/mol. The van der Waals surface area contributed by atoms with Crippen LogP contribution in [0.1, 0.15) is 271 Å². The molecule has 0 rings (SSSR count). The van der Waals surface area contributed by atoms with Gasteiger partial charge in [0.2, 0.25) is 29.5 Å². The van der Waals surface area contributed by atoms with E-state index in [9.17, 15) is 24.0 Å². The first kappa shape index (κ1) is 63.6. The van der Waals surface area contributed by atoms with Gasteiger partial charge >= 0.3 is 0 Å². The third-order valence-electron chi connectivity index (χ3n) is 13.0. The highest BCUT2D eigenvalue weighted by Gasteiger charge is 2.20. The van der Waals surface area contributed by atoms with Crippen LogP contribution in [0.25, 0.3) is 0 Å². The first-order valence-electron chi connectivity index (χ1n) is 28.1. The number of primary amides is 1. The third kappa shape index (κ3) is 46.1. The fourth-order valence-electron chi connectivity index (χ4n) is 8.65. The minimum absolute atomic E-state index is 0.0348. The molecule has 0 aromatic heterocycles. The van der Waals surface area contributed by atoms with Gasteiger partial charge in [0.15, 0.2) is 5.96 Å². The Hall–Kier alpha value is -3.38. The number of nitrogens with one attached hydrogen (secondary N) is 3. The lowest BCUT2D eigenvalue weighted by Gasteiger charge is -2.23. The molecule has 1 atom stereocenters. The second-order valence-electron chi connectivity index (χ2n) is 19.4. The summed E-state index contributed by atoms with van der Waals surface area (Å²) in [5.41, 5.74) is 16.2. The molecular weight excluding hydrogens is 841 g/mol. The molecule has 0 aliphatic heterocycles. The summed E-state index contributed by atoms with van der Waals surface area (Å²) in [6, 6.07) is -0.906. The average molecular weight is 947 g/mol. The zero-order valence-corrected chi connectivity index (χ0v) is 43.6. The fraction of sp³-hybridized carbons (Fsp3) is 0.889. The highest BCUT2D eigenvalue weighted by molar-refractivity contribution is 5.88. The molecule has 67 heavy (non-hydrogen) atoms. The number of nitrogens with zero attached hydrogens (tertiary/aromatic N) is 2. The molecule has 5 amide bonds. The van der Waals surface area contributed by atoms with Gasteiger partial charge in [0.1, 0.15) is 6.04 Å². The molecule has 392 valence electrons. The van der Waals surface area contributed by atoms with E-state index in [-0.39, 0.29) is 69.1 Å². The first-order chi connectivity index (χ1) is 32.6. The molecule has 9 N–H and O–H groups in total. The van der Waals surface area contributed by atoms with Crippen LogP contribution in [0.2, 0.25) is 0 Å². The number of carbonyl (C=O) groups excluding carboxylic acids is 5. The van der Waals surface area contributed by atoms with Crippen LogP contribution in [-0.4, -0.2) is 79.2 Å². The molecule has 0 heterocycles. The maximum atomic E-state index is 13.4. The Kier molecular flexibility index (Phi) is 46.6. The summed E-state index contributed by atoms with van der Waals surface area (Å²) >= 11 is 0. The van der Waals surface area contributed by atoms with E-state index in [4.69, 9.17) is 17.2 Å². The summed E-state index contributed by atoms with van der Waals surface area (Å²) in [6.45, 7) is 5.91. The monoisotopic (exact) mass is 947 g/mol. The second-order valence-corrected chi connectivity index (χ2v) is 19.4. The molecule has 13 nitrogen and oxygen atoms in total.